The summed E-state index contributed by atoms with van der Waals surface area (Å²) in [6, 6.07) is 19.4. The smallest absolute Gasteiger partial charge is 0.0361 e. The Morgan fingerprint density at radius 1 is 1.00 bits per heavy atom. The van der Waals surface area contributed by atoms with E-state index in [1.165, 1.54) is 15.6 Å². The van der Waals surface area contributed by atoms with Gasteiger partial charge in [0.1, 0.15) is 0 Å². The lowest BCUT2D eigenvalue weighted by atomic mass is 9.99. The molecule has 1 N–H and O–H groups in total. The highest BCUT2D eigenvalue weighted by atomic mass is 79.9. The van der Waals surface area contributed by atoms with Crippen LogP contribution in [-0.2, 0) is 6.42 Å². The monoisotopic (exact) mass is 303 g/mol. The number of halogens is 1. The summed E-state index contributed by atoms with van der Waals surface area (Å²) < 4.78 is 1.18. The summed E-state index contributed by atoms with van der Waals surface area (Å²) in [4.78, 5) is 0. The van der Waals surface area contributed by atoms with E-state index in [1.54, 1.807) is 0 Å². The highest BCUT2D eigenvalue weighted by molar-refractivity contribution is 9.10. The van der Waals surface area contributed by atoms with Crippen LogP contribution in [0.5, 0.6) is 0 Å². The Morgan fingerprint density at radius 2 is 1.67 bits per heavy atom. The second-order valence-corrected chi connectivity index (χ2v) is 5.17. The van der Waals surface area contributed by atoms with E-state index in [-0.39, 0.29) is 0 Å². The van der Waals surface area contributed by atoms with E-state index in [0.29, 0.717) is 6.04 Å². The van der Waals surface area contributed by atoms with Crippen LogP contribution in [0.3, 0.4) is 0 Å². The highest BCUT2D eigenvalue weighted by Crippen LogP contribution is 2.23. The maximum atomic E-state index is 3.62. The zero-order valence-electron chi connectivity index (χ0n) is 10.6. The maximum Gasteiger partial charge on any atom is 0.0361 e. The Morgan fingerprint density at radius 3 is 2.33 bits per heavy atom. The minimum atomic E-state index is 0.370. The van der Waals surface area contributed by atoms with Gasteiger partial charge in [0, 0.05) is 10.5 Å². The molecule has 0 saturated heterocycles. The number of rotatable bonds is 5. The molecule has 18 heavy (non-hydrogen) atoms. The number of hydrogen-bond donors (Lipinski definition) is 1. The molecular formula is C16H18BrN. The van der Waals surface area contributed by atoms with Crippen LogP contribution in [0.15, 0.2) is 59.1 Å². The molecule has 0 bridgehead atoms. The van der Waals surface area contributed by atoms with Crippen LogP contribution >= 0.6 is 15.9 Å². The molecule has 2 aromatic carbocycles. The SMILES string of the molecule is CCNC(Cc1ccccc1Br)c1ccccc1. The Labute approximate surface area is 117 Å². The maximum absolute atomic E-state index is 3.62. The Hall–Kier alpha value is -1.12. The van der Waals surface area contributed by atoms with Crippen molar-refractivity contribution >= 4 is 15.9 Å². The minimum Gasteiger partial charge on any atom is -0.310 e. The van der Waals surface area contributed by atoms with Crippen LogP contribution in [0.1, 0.15) is 24.1 Å². The second kappa shape index (κ2) is 6.72. The summed E-state index contributed by atoms with van der Waals surface area (Å²) in [5, 5.41) is 3.55. The van der Waals surface area contributed by atoms with Gasteiger partial charge >= 0.3 is 0 Å². The summed E-state index contributed by atoms with van der Waals surface area (Å²) in [5.41, 5.74) is 2.68. The summed E-state index contributed by atoms with van der Waals surface area (Å²) in [6.45, 7) is 3.12. The summed E-state index contributed by atoms with van der Waals surface area (Å²) >= 11 is 3.62. The van der Waals surface area contributed by atoms with E-state index < -0.39 is 0 Å². The van der Waals surface area contributed by atoms with Gasteiger partial charge in [-0.3, -0.25) is 0 Å². The molecule has 2 aromatic rings. The van der Waals surface area contributed by atoms with Crippen molar-refractivity contribution in [2.24, 2.45) is 0 Å². The lowest BCUT2D eigenvalue weighted by Crippen LogP contribution is -2.23. The molecule has 1 unspecified atom stereocenters. The van der Waals surface area contributed by atoms with Crippen molar-refractivity contribution in [3.63, 3.8) is 0 Å². The first-order chi connectivity index (χ1) is 8.81. The van der Waals surface area contributed by atoms with Crippen LogP contribution < -0.4 is 5.32 Å². The number of likely N-dealkylation sites (N-methyl/N-ethyl adjacent to an activating group) is 1. The summed E-state index contributed by atoms with van der Waals surface area (Å²) in [7, 11) is 0. The fourth-order valence-corrected chi connectivity index (χ4v) is 2.57. The molecule has 0 saturated carbocycles. The Bertz CT molecular complexity index is 481. The molecule has 0 aliphatic heterocycles. The van der Waals surface area contributed by atoms with E-state index in [1.807, 2.05) is 0 Å². The van der Waals surface area contributed by atoms with Gasteiger partial charge in [-0.05, 0) is 30.2 Å². The molecule has 0 spiro atoms. The first-order valence-electron chi connectivity index (χ1n) is 6.33. The van der Waals surface area contributed by atoms with Crippen molar-refractivity contribution in [2.75, 3.05) is 6.54 Å². The minimum absolute atomic E-state index is 0.370. The van der Waals surface area contributed by atoms with Gasteiger partial charge < -0.3 is 5.32 Å². The standard InChI is InChI=1S/C16H18BrN/c1-2-18-16(13-8-4-3-5-9-13)12-14-10-6-7-11-15(14)17/h3-11,16,18H,2,12H2,1H3. The third-order valence-electron chi connectivity index (χ3n) is 3.03. The average molecular weight is 304 g/mol. The molecule has 0 radical (unpaired) electrons. The molecule has 2 heteroatoms. The molecule has 1 atom stereocenters. The fourth-order valence-electron chi connectivity index (χ4n) is 2.12. The largest absolute Gasteiger partial charge is 0.310 e. The fraction of sp³-hybridized carbons (Fsp3) is 0.250. The topological polar surface area (TPSA) is 12.0 Å². The third-order valence-corrected chi connectivity index (χ3v) is 3.81. The van der Waals surface area contributed by atoms with Gasteiger partial charge in [-0.1, -0.05) is 71.4 Å². The van der Waals surface area contributed by atoms with Crippen molar-refractivity contribution < 1.29 is 0 Å². The molecule has 94 valence electrons. The molecule has 0 aromatic heterocycles. The van der Waals surface area contributed by atoms with Crippen LogP contribution in [-0.4, -0.2) is 6.54 Å². The van der Waals surface area contributed by atoms with Crippen molar-refractivity contribution in [1.29, 1.82) is 0 Å². The van der Waals surface area contributed by atoms with E-state index in [2.05, 4.69) is 82.8 Å². The zero-order valence-corrected chi connectivity index (χ0v) is 12.2. The Kier molecular flexibility index (Phi) is 4.97. The zero-order chi connectivity index (χ0) is 12.8. The van der Waals surface area contributed by atoms with Gasteiger partial charge in [-0.25, -0.2) is 0 Å². The van der Waals surface area contributed by atoms with Crippen LogP contribution in [0, 0.1) is 0 Å². The average Bonchev–Trinajstić information content (AvgIpc) is 2.42. The molecule has 1 nitrogen and oxygen atoms in total. The molecule has 0 aliphatic carbocycles. The second-order valence-electron chi connectivity index (χ2n) is 4.32. The molecule has 0 aliphatic rings. The highest BCUT2D eigenvalue weighted by Gasteiger charge is 2.11. The quantitative estimate of drug-likeness (QED) is 0.866. The van der Waals surface area contributed by atoms with Gasteiger partial charge in [-0.15, -0.1) is 0 Å². The van der Waals surface area contributed by atoms with E-state index in [4.69, 9.17) is 0 Å². The molecule has 0 heterocycles. The van der Waals surface area contributed by atoms with Crippen LogP contribution in [0.2, 0.25) is 0 Å². The lowest BCUT2D eigenvalue weighted by Gasteiger charge is -2.19. The van der Waals surface area contributed by atoms with E-state index in [9.17, 15) is 0 Å². The van der Waals surface area contributed by atoms with Gasteiger partial charge in [0.25, 0.3) is 0 Å². The Balaban J connectivity index is 2.19. The van der Waals surface area contributed by atoms with Gasteiger partial charge in [0.2, 0.25) is 0 Å². The van der Waals surface area contributed by atoms with Crippen LogP contribution in [0.4, 0.5) is 0 Å². The third kappa shape index (κ3) is 3.44. The predicted octanol–water partition coefficient (Wildman–Crippen LogP) is 4.34. The molecule has 2 rings (SSSR count). The predicted molar refractivity (Wildman–Crippen MR) is 80.7 cm³/mol. The van der Waals surface area contributed by atoms with E-state index in [0.717, 1.165) is 13.0 Å². The van der Waals surface area contributed by atoms with Crippen molar-refractivity contribution in [2.45, 2.75) is 19.4 Å². The number of nitrogens with one attached hydrogen (secondary N) is 1. The first kappa shape index (κ1) is 13.3. The van der Waals surface area contributed by atoms with Crippen LogP contribution in [0.25, 0.3) is 0 Å². The van der Waals surface area contributed by atoms with Crippen molar-refractivity contribution in [1.82, 2.24) is 5.32 Å². The number of benzene rings is 2. The van der Waals surface area contributed by atoms with Gasteiger partial charge in [0.05, 0.1) is 0 Å². The van der Waals surface area contributed by atoms with E-state index >= 15 is 0 Å². The van der Waals surface area contributed by atoms with Crippen molar-refractivity contribution in [3.8, 4) is 0 Å². The first-order valence-corrected chi connectivity index (χ1v) is 7.12. The summed E-state index contributed by atoms with van der Waals surface area (Å²) in [6.07, 6.45) is 0.999. The number of hydrogen-bond acceptors (Lipinski definition) is 1. The normalized spacial score (nSPS) is 12.3. The molecule has 0 fully saturated rings. The molecule has 0 amide bonds. The summed E-state index contributed by atoms with van der Waals surface area (Å²) in [5.74, 6) is 0. The van der Waals surface area contributed by atoms with Gasteiger partial charge in [-0.2, -0.15) is 0 Å². The van der Waals surface area contributed by atoms with Crippen molar-refractivity contribution in [3.05, 3.63) is 70.2 Å². The lowest BCUT2D eigenvalue weighted by molar-refractivity contribution is 0.549. The molecular weight excluding hydrogens is 286 g/mol. The van der Waals surface area contributed by atoms with Gasteiger partial charge in [0.15, 0.2) is 0 Å².